The van der Waals surface area contributed by atoms with E-state index in [0.717, 1.165) is 33.3 Å². The van der Waals surface area contributed by atoms with Gasteiger partial charge in [-0.15, -0.1) is 10.2 Å². The number of hydrogen-bond donors (Lipinski definition) is 1. The van der Waals surface area contributed by atoms with E-state index in [1.54, 1.807) is 4.90 Å². The highest BCUT2D eigenvalue weighted by Gasteiger charge is 2.28. The number of H-pyrrole nitrogens is 1. The second-order valence-electron chi connectivity index (χ2n) is 9.46. The van der Waals surface area contributed by atoms with Gasteiger partial charge in [0.15, 0.2) is 10.9 Å². The molecule has 0 atom stereocenters. The standard InChI is InChI=1S/C27H27N7O3S/c1-17-6-5-7-20(14-17)33-18(2)30-31-27(33)38-16-24-28-22(15-37-24)25(35)32-12-10-19(11-13-32)34-23-9-4-3-8-21(23)29-26(34)36/h3-9,14-15,19H,10-13,16H2,1-2H3,(H,29,36). The number of imidazole rings is 1. The second kappa shape index (κ2) is 9.97. The van der Waals surface area contributed by atoms with E-state index in [9.17, 15) is 9.59 Å². The molecular formula is C27H27N7O3S. The van der Waals surface area contributed by atoms with Gasteiger partial charge in [0, 0.05) is 24.8 Å². The lowest BCUT2D eigenvalue weighted by Gasteiger charge is -2.32. The predicted molar refractivity (Wildman–Crippen MR) is 144 cm³/mol. The third-order valence-electron chi connectivity index (χ3n) is 6.89. The summed E-state index contributed by atoms with van der Waals surface area (Å²) in [6, 6.07) is 15.9. The Kier molecular flexibility index (Phi) is 6.36. The number of carbonyl (C=O) groups excluding carboxylic acids is 1. The summed E-state index contributed by atoms with van der Waals surface area (Å²) >= 11 is 1.46. The first-order valence-corrected chi connectivity index (χ1v) is 13.5. The average molecular weight is 530 g/mol. The molecule has 2 aromatic carbocycles. The molecule has 38 heavy (non-hydrogen) atoms. The van der Waals surface area contributed by atoms with Crippen molar-refractivity contribution in [1.29, 1.82) is 0 Å². The summed E-state index contributed by atoms with van der Waals surface area (Å²) in [6.07, 6.45) is 2.81. The van der Waals surface area contributed by atoms with Gasteiger partial charge in [0.2, 0.25) is 5.89 Å². The number of benzene rings is 2. The summed E-state index contributed by atoms with van der Waals surface area (Å²) in [4.78, 5) is 34.8. The Balaban J connectivity index is 1.10. The molecule has 3 aromatic heterocycles. The Bertz CT molecular complexity index is 1670. The highest BCUT2D eigenvalue weighted by molar-refractivity contribution is 7.98. The van der Waals surface area contributed by atoms with E-state index >= 15 is 0 Å². The highest BCUT2D eigenvalue weighted by Crippen LogP contribution is 2.27. The monoisotopic (exact) mass is 529 g/mol. The van der Waals surface area contributed by atoms with Crippen molar-refractivity contribution in [2.24, 2.45) is 0 Å². The third-order valence-corrected chi connectivity index (χ3v) is 7.81. The Morgan fingerprint density at radius 3 is 2.74 bits per heavy atom. The summed E-state index contributed by atoms with van der Waals surface area (Å²) in [7, 11) is 0. The third kappa shape index (κ3) is 4.53. The van der Waals surface area contributed by atoms with Crippen molar-refractivity contribution in [2.45, 2.75) is 43.6 Å². The molecule has 5 aromatic rings. The fourth-order valence-electron chi connectivity index (χ4n) is 5.03. The molecule has 6 rings (SSSR count). The van der Waals surface area contributed by atoms with Crippen LogP contribution in [0.3, 0.4) is 0 Å². The molecule has 1 saturated heterocycles. The van der Waals surface area contributed by atoms with Crippen LogP contribution in [0.25, 0.3) is 16.7 Å². The number of aromatic amines is 1. The van der Waals surface area contributed by atoms with E-state index in [4.69, 9.17) is 4.42 Å². The lowest BCUT2D eigenvalue weighted by atomic mass is 10.0. The normalized spacial score (nSPS) is 14.4. The minimum absolute atomic E-state index is 0.0428. The van der Waals surface area contributed by atoms with E-state index in [1.807, 2.05) is 65.4 Å². The summed E-state index contributed by atoms with van der Waals surface area (Å²) in [5.74, 6) is 1.51. The Morgan fingerprint density at radius 1 is 1.11 bits per heavy atom. The molecule has 4 heterocycles. The van der Waals surface area contributed by atoms with Gasteiger partial charge in [-0.25, -0.2) is 9.78 Å². The van der Waals surface area contributed by atoms with E-state index in [0.29, 0.717) is 43.3 Å². The summed E-state index contributed by atoms with van der Waals surface area (Å²) in [6.45, 7) is 5.06. The molecule has 194 valence electrons. The molecule has 0 saturated carbocycles. The molecule has 1 aliphatic rings. The zero-order valence-electron chi connectivity index (χ0n) is 21.1. The van der Waals surface area contributed by atoms with Crippen molar-refractivity contribution in [3.63, 3.8) is 0 Å². The summed E-state index contributed by atoms with van der Waals surface area (Å²) < 4.78 is 9.44. The average Bonchev–Trinajstić information content (AvgIpc) is 3.63. The van der Waals surface area contributed by atoms with Gasteiger partial charge in [0.05, 0.1) is 16.8 Å². The van der Waals surface area contributed by atoms with Gasteiger partial charge in [-0.3, -0.25) is 13.9 Å². The molecule has 1 aliphatic heterocycles. The molecule has 11 heteroatoms. The number of aryl methyl sites for hydroxylation is 2. The Hall–Kier alpha value is -4.12. The molecule has 0 radical (unpaired) electrons. The minimum atomic E-state index is -0.159. The predicted octanol–water partition coefficient (Wildman–Crippen LogP) is 4.28. The second-order valence-corrected chi connectivity index (χ2v) is 10.4. The SMILES string of the molecule is Cc1cccc(-n2c(C)nnc2SCc2nc(C(=O)N3CCC(n4c(=O)[nH]c5ccccc54)CC3)co2)c1. The fourth-order valence-corrected chi connectivity index (χ4v) is 5.88. The van der Waals surface area contributed by atoms with Crippen LogP contribution in [0.1, 0.15) is 46.7 Å². The van der Waals surface area contributed by atoms with Crippen LogP contribution >= 0.6 is 11.8 Å². The van der Waals surface area contributed by atoms with Crippen LogP contribution in [0.2, 0.25) is 0 Å². The van der Waals surface area contributed by atoms with E-state index in [-0.39, 0.29) is 17.6 Å². The first-order chi connectivity index (χ1) is 18.5. The van der Waals surface area contributed by atoms with Gasteiger partial charge in [-0.1, -0.05) is 36.0 Å². The zero-order chi connectivity index (χ0) is 26.2. The number of likely N-dealkylation sites (tertiary alicyclic amines) is 1. The number of rotatable bonds is 6. The van der Waals surface area contributed by atoms with Crippen molar-refractivity contribution in [3.05, 3.63) is 88.3 Å². The zero-order valence-corrected chi connectivity index (χ0v) is 21.9. The summed E-state index contributed by atoms with van der Waals surface area (Å²) in [5, 5.41) is 9.27. The van der Waals surface area contributed by atoms with Crippen molar-refractivity contribution in [1.82, 2.24) is 34.2 Å². The van der Waals surface area contributed by atoms with E-state index in [2.05, 4.69) is 26.2 Å². The van der Waals surface area contributed by atoms with Crippen LogP contribution in [0.5, 0.6) is 0 Å². The maximum atomic E-state index is 13.1. The molecule has 1 amide bonds. The lowest BCUT2D eigenvalue weighted by molar-refractivity contribution is 0.0689. The Morgan fingerprint density at radius 2 is 1.92 bits per heavy atom. The fraction of sp³-hybridized carbons (Fsp3) is 0.296. The number of nitrogens with one attached hydrogen (secondary N) is 1. The van der Waals surface area contributed by atoms with Crippen LogP contribution in [-0.4, -0.2) is 53.2 Å². The topological polar surface area (TPSA) is 115 Å². The van der Waals surface area contributed by atoms with Gasteiger partial charge >= 0.3 is 5.69 Å². The van der Waals surface area contributed by atoms with E-state index in [1.165, 1.54) is 18.0 Å². The number of nitrogens with zero attached hydrogens (tertiary/aromatic N) is 6. The number of piperidine rings is 1. The molecule has 1 N–H and O–H groups in total. The van der Waals surface area contributed by atoms with Crippen molar-refractivity contribution in [3.8, 4) is 5.69 Å². The molecule has 0 bridgehead atoms. The number of amides is 1. The lowest BCUT2D eigenvalue weighted by Crippen LogP contribution is -2.40. The molecule has 0 unspecified atom stereocenters. The molecule has 1 fully saturated rings. The van der Waals surface area contributed by atoms with Crippen molar-refractivity contribution >= 4 is 28.7 Å². The first-order valence-electron chi connectivity index (χ1n) is 12.5. The van der Waals surface area contributed by atoms with Gasteiger partial charge in [-0.05, 0) is 56.5 Å². The quantitative estimate of drug-likeness (QED) is 0.326. The van der Waals surface area contributed by atoms with Gasteiger partial charge < -0.3 is 14.3 Å². The molecular weight excluding hydrogens is 502 g/mol. The van der Waals surface area contributed by atoms with Gasteiger partial charge in [-0.2, -0.15) is 0 Å². The Labute approximate surface area is 222 Å². The molecule has 10 nitrogen and oxygen atoms in total. The van der Waals surface area contributed by atoms with Crippen LogP contribution < -0.4 is 5.69 Å². The highest BCUT2D eigenvalue weighted by atomic mass is 32.2. The maximum absolute atomic E-state index is 13.1. The maximum Gasteiger partial charge on any atom is 0.326 e. The number of para-hydroxylation sites is 2. The molecule has 0 spiro atoms. The van der Waals surface area contributed by atoms with E-state index < -0.39 is 0 Å². The number of fused-ring (bicyclic) bond motifs is 1. The van der Waals surface area contributed by atoms with Gasteiger partial charge in [0.25, 0.3) is 5.91 Å². The van der Waals surface area contributed by atoms with Gasteiger partial charge in [0.1, 0.15) is 12.1 Å². The first kappa shape index (κ1) is 24.2. The van der Waals surface area contributed by atoms with Crippen molar-refractivity contribution < 1.29 is 9.21 Å². The van der Waals surface area contributed by atoms with Crippen LogP contribution in [0, 0.1) is 13.8 Å². The number of carbonyl (C=O) groups is 1. The minimum Gasteiger partial charge on any atom is -0.447 e. The molecule has 0 aliphatic carbocycles. The number of aromatic nitrogens is 6. The summed E-state index contributed by atoms with van der Waals surface area (Å²) in [5.41, 5.74) is 4.06. The van der Waals surface area contributed by atoms with Crippen LogP contribution in [0.15, 0.2) is 69.2 Å². The van der Waals surface area contributed by atoms with Crippen LogP contribution in [0.4, 0.5) is 0 Å². The number of thioether (sulfide) groups is 1. The number of oxazole rings is 1. The smallest absolute Gasteiger partial charge is 0.326 e. The largest absolute Gasteiger partial charge is 0.447 e. The number of hydrogen-bond acceptors (Lipinski definition) is 7. The van der Waals surface area contributed by atoms with Crippen LogP contribution in [-0.2, 0) is 5.75 Å². The van der Waals surface area contributed by atoms with Crippen molar-refractivity contribution in [2.75, 3.05) is 13.1 Å².